The summed E-state index contributed by atoms with van der Waals surface area (Å²) >= 11 is 0. The number of hydrogen-bond acceptors (Lipinski definition) is 3. The van der Waals surface area contributed by atoms with Crippen LogP contribution in [0.15, 0.2) is 24.3 Å². The second-order valence-electron chi connectivity index (χ2n) is 7.04. The molecule has 2 unspecified atom stereocenters. The number of carbonyl (C=O) groups is 1. The Bertz CT molecular complexity index is 724. The Morgan fingerprint density at radius 3 is 2.61 bits per heavy atom. The van der Waals surface area contributed by atoms with Crippen molar-refractivity contribution in [1.29, 1.82) is 0 Å². The molecule has 2 saturated heterocycles. The molecule has 0 saturated carbocycles. The number of piperidine rings is 2. The van der Waals surface area contributed by atoms with Gasteiger partial charge in [-0.05, 0) is 38.8 Å². The zero-order valence-corrected chi connectivity index (χ0v) is 13.8. The van der Waals surface area contributed by atoms with E-state index in [4.69, 9.17) is 0 Å². The molecule has 23 heavy (non-hydrogen) atoms. The van der Waals surface area contributed by atoms with Crippen molar-refractivity contribution in [2.24, 2.45) is 7.05 Å². The average molecular weight is 311 g/mol. The highest BCUT2D eigenvalue weighted by Crippen LogP contribution is 2.32. The summed E-state index contributed by atoms with van der Waals surface area (Å²) in [7, 11) is 4.12. The van der Waals surface area contributed by atoms with E-state index in [1.807, 2.05) is 31.3 Å². The van der Waals surface area contributed by atoms with Crippen molar-refractivity contribution in [3.8, 4) is 0 Å². The van der Waals surface area contributed by atoms with Gasteiger partial charge in [0, 0.05) is 30.6 Å². The third-order valence-corrected chi connectivity index (χ3v) is 5.65. The normalized spacial score (nSPS) is 28.0. The summed E-state index contributed by atoms with van der Waals surface area (Å²) in [5.41, 5.74) is 1.55. The number of fused-ring (bicyclic) bond motifs is 3. The van der Waals surface area contributed by atoms with Gasteiger partial charge in [0.15, 0.2) is 5.69 Å². The van der Waals surface area contributed by atoms with Crippen LogP contribution in [0.3, 0.4) is 0 Å². The Labute approximate surface area is 136 Å². The van der Waals surface area contributed by atoms with Crippen molar-refractivity contribution in [1.82, 2.24) is 20.0 Å². The van der Waals surface area contributed by atoms with Crippen molar-refractivity contribution < 1.29 is 4.79 Å². The van der Waals surface area contributed by atoms with E-state index in [1.165, 1.54) is 19.3 Å². The second-order valence-corrected chi connectivity index (χ2v) is 7.04. The molecule has 1 N–H and O–H groups in total. The maximum Gasteiger partial charge on any atom is 0.272 e. The van der Waals surface area contributed by atoms with Gasteiger partial charge in [-0.25, -0.2) is 0 Å². The minimum absolute atomic E-state index is 0.0329. The van der Waals surface area contributed by atoms with Gasteiger partial charge in [0.25, 0.3) is 5.91 Å². The number of carbonyl (C=O) groups excluding carboxylic acids is 1. The smallest absolute Gasteiger partial charge is 0.272 e. The van der Waals surface area contributed by atoms with Crippen LogP contribution in [0.5, 0.6) is 0 Å². The summed E-state index contributed by atoms with van der Waals surface area (Å²) in [6.45, 7) is 0. The van der Waals surface area contributed by atoms with Crippen LogP contribution in [0.1, 0.15) is 42.6 Å². The van der Waals surface area contributed by atoms with E-state index in [0.717, 1.165) is 23.7 Å². The number of hydrogen-bond donors (Lipinski definition) is 1. The summed E-state index contributed by atoms with van der Waals surface area (Å²) < 4.78 is 1.79. The van der Waals surface area contributed by atoms with Crippen molar-refractivity contribution >= 4 is 16.8 Å². The van der Waals surface area contributed by atoms with E-state index in [1.54, 1.807) is 4.68 Å². The number of benzene rings is 1. The molecular formula is C18H24N4O. The third kappa shape index (κ3) is 2.53. The number of aryl methyl sites for hydroxylation is 1. The Morgan fingerprint density at radius 2 is 1.87 bits per heavy atom. The van der Waals surface area contributed by atoms with Crippen LogP contribution in [0.25, 0.3) is 10.9 Å². The average Bonchev–Trinajstić information content (AvgIpc) is 2.86. The van der Waals surface area contributed by atoms with Crippen LogP contribution in [0.2, 0.25) is 0 Å². The number of nitrogens with one attached hydrogen (secondary N) is 1. The summed E-state index contributed by atoms with van der Waals surface area (Å²) in [6.07, 6.45) is 5.95. The molecule has 0 spiro atoms. The Hall–Kier alpha value is -1.88. The van der Waals surface area contributed by atoms with Crippen molar-refractivity contribution in [3.05, 3.63) is 30.0 Å². The first-order chi connectivity index (χ1) is 11.1. The summed E-state index contributed by atoms with van der Waals surface area (Å²) in [5.74, 6) is -0.0329. The van der Waals surface area contributed by atoms with Crippen LogP contribution in [0, 0.1) is 0 Å². The summed E-state index contributed by atoms with van der Waals surface area (Å²) in [5, 5.41) is 8.62. The van der Waals surface area contributed by atoms with Crippen molar-refractivity contribution in [2.75, 3.05) is 7.05 Å². The molecule has 2 fully saturated rings. The van der Waals surface area contributed by atoms with Gasteiger partial charge in [0.1, 0.15) is 0 Å². The van der Waals surface area contributed by atoms with Crippen LogP contribution in [0.4, 0.5) is 0 Å². The molecule has 1 aromatic heterocycles. The molecule has 2 atom stereocenters. The van der Waals surface area contributed by atoms with Crippen molar-refractivity contribution in [3.63, 3.8) is 0 Å². The maximum absolute atomic E-state index is 12.7. The molecule has 2 aliphatic heterocycles. The van der Waals surface area contributed by atoms with E-state index in [0.29, 0.717) is 17.8 Å². The molecule has 5 nitrogen and oxygen atoms in total. The minimum Gasteiger partial charge on any atom is -0.348 e. The topological polar surface area (TPSA) is 50.2 Å². The first kappa shape index (κ1) is 14.7. The number of rotatable bonds is 2. The van der Waals surface area contributed by atoms with E-state index in [-0.39, 0.29) is 11.9 Å². The van der Waals surface area contributed by atoms with Gasteiger partial charge in [0.2, 0.25) is 0 Å². The standard InChI is InChI=1S/C18H24N4O/c1-21-13-6-5-7-14(21)11-12(10-13)19-18(23)17-15-8-3-4-9-16(15)22(2)20-17/h3-4,8-9,12-14H,5-7,10-11H2,1-2H3,(H,19,23)/i1-1. The van der Waals surface area contributed by atoms with Gasteiger partial charge < -0.3 is 10.2 Å². The van der Waals surface area contributed by atoms with Gasteiger partial charge in [0.05, 0.1) is 5.52 Å². The molecule has 2 aliphatic rings. The fraction of sp³-hybridized carbons (Fsp3) is 0.556. The molecule has 1 amide bonds. The van der Waals surface area contributed by atoms with E-state index in [9.17, 15) is 4.79 Å². The Kier molecular flexibility index (Phi) is 3.60. The number of aromatic nitrogens is 2. The van der Waals surface area contributed by atoms with E-state index in [2.05, 4.69) is 22.4 Å². The van der Waals surface area contributed by atoms with Gasteiger partial charge in [-0.15, -0.1) is 0 Å². The molecule has 5 heteroatoms. The molecule has 2 aromatic rings. The molecule has 2 bridgehead atoms. The van der Waals surface area contributed by atoms with E-state index >= 15 is 0 Å². The molecule has 0 aliphatic carbocycles. The predicted molar refractivity (Wildman–Crippen MR) is 90.4 cm³/mol. The fourth-order valence-corrected chi connectivity index (χ4v) is 4.37. The van der Waals surface area contributed by atoms with Gasteiger partial charge in [-0.2, -0.15) is 5.10 Å². The molecular weight excluding hydrogens is 287 g/mol. The lowest BCUT2D eigenvalue weighted by atomic mass is 9.80. The molecule has 0 radical (unpaired) electrons. The lowest BCUT2D eigenvalue weighted by Gasteiger charge is -2.47. The quantitative estimate of drug-likeness (QED) is 0.926. The van der Waals surface area contributed by atoms with Gasteiger partial charge in [-0.1, -0.05) is 24.6 Å². The largest absolute Gasteiger partial charge is 0.348 e. The monoisotopic (exact) mass is 311 g/mol. The van der Waals surface area contributed by atoms with Crippen LogP contribution >= 0.6 is 0 Å². The Balaban J connectivity index is 1.54. The zero-order chi connectivity index (χ0) is 16.0. The SMILES string of the molecule is Cn1nc(C(=O)NC2CC3CCCC(C2)N3[11CH3])c2ccccc21. The lowest BCUT2D eigenvalue weighted by Crippen LogP contribution is -2.55. The van der Waals surface area contributed by atoms with Crippen molar-refractivity contribution in [2.45, 2.75) is 50.2 Å². The second kappa shape index (κ2) is 5.64. The highest BCUT2D eigenvalue weighted by Gasteiger charge is 2.36. The molecule has 1 aromatic carbocycles. The number of para-hydroxylation sites is 1. The van der Waals surface area contributed by atoms with Crippen LogP contribution in [-0.4, -0.2) is 45.8 Å². The first-order valence-electron chi connectivity index (χ1n) is 8.58. The zero-order valence-electron chi connectivity index (χ0n) is 13.8. The van der Waals surface area contributed by atoms with Crippen LogP contribution < -0.4 is 5.32 Å². The highest BCUT2D eigenvalue weighted by molar-refractivity contribution is 6.04. The predicted octanol–water partition coefficient (Wildman–Crippen LogP) is 2.32. The summed E-state index contributed by atoms with van der Waals surface area (Å²) in [6, 6.07) is 9.42. The highest BCUT2D eigenvalue weighted by atomic mass is 16.2. The first-order valence-corrected chi connectivity index (χ1v) is 8.58. The van der Waals surface area contributed by atoms with Gasteiger partial charge in [-0.3, -0.25) is 9.48 Å². The lowest BCUT2D eigenvalue weighted by molar-refractivity contribution is 0.0462. The maximum atomic E-state index is 12.7. The number of nitrogens with zero attached hydrogens (tertiary/aromatic N) is 3. The van der Waals surface area contributed by atoms with Crippen LogP contribution in [-0.2, 0) is 7.05 Å². The number of amides is 1. The van der Waals surface area contributed by atoms with E-state index < -0.39 is 0 Å². The minimum atomic E-state index is -0.0329. The third-order valence-electron chi connectivity index (χ3n) is 5.65. The van der Waals surface area contributed by atoms with Gasteiger partial charge >= 0.3 is 0 Å². The fourth-order valence-electron chi connectivity index (χ4n) is 4.37. The molecule has 4 rings (SSSR count). The Morgan fingerprint density at radius 1 is 1.17 bits per heavy atom. The molecule has 122 valence electrons. The molecule has 3 heterocycles. The summed E-state index contributed by atoms with van der Waals surface area (Å²) in [4.78, 5) is 15.3.